The number of amides is 2. The molecule has 0 aromatic heterocycles. The minimum Gasteiger partial charge on any atom is -0.444 e. The molecule has 33 heavy (non-hydrogen) atoms. The van der Waals surface area contributed by atoms with Crippen LogP contribution in [-0.4, -0.2) is 24.1 Å². The number of alkyl halides is 1. The predicted molar refractivity (Wildman–Crippen MR) is 135 cm³/mol. The summed E-state index contributed by atoms with van der Waals surface area (Å²) in [6.07, 6.45) is -0.578. The van der Waals surface area contributed by atoms with Crippen LogP contribution in [0.25, 0.3) is 11.1 Å². The first-order valence-electron chi connectivity index (χ1n) is 10.9. The van der Waals surface area contributed by atoms with Gasteiger partial charge in [-0.25, -0.2) is 4.79 Å². The molecule has 0 aliphatic heterocycles. The number of hydrogen-bond acceptors (Lipinski definition) is 3. The van der Waals surface area contributed by atoms with Crippen molar-refractivity contribution in [3.63, 3.8) is 0 Å². The maximum absolute atomic E-state index is 13.4. The summed E-state index contributed by atoms with van der Waals surface area (Å²) >= 11 is 5.89. The van der Waals surface area contributed by atoms with Crippen LogP contribution in [0.3, 0.4) is 0 Å². The Morgan fingerprint density at radius 1 is 0.939 bits per heavy atom. The van der Waals surface area contributed by atoms with Crippen molar-refractivity contribution in [2.24, 2.45) is 0 Å². The molecule has 3 rings (SSSR count). The Hall–Kier alpha value is -3.31. The lowest BCUT2D eigenvalue weighted by molar-refractivity contribution is 0.0635. The van der Waals surface area contributed by atoms with Gasteiger partial charge in [0.15, 0.2) is 0 Å². The largest absolute Gasteiger partial charge is 0.444 e. The Balaban J connectivity index is 2.03. The Labute approximate surface area is 200 Å². The van der Waals surface area contributed by atoms with Crippen molar-refractivity contribution < 1.29 is 14.3 Å². The van der Waals surface area contributed by atoms with Crippen molar-refractivity contribution >= 4 is 35.0 Å². The van der Waals surface area contributed by atoms with Crippen molar-refractivity contribution in [3.05, 3.63) is 83.9 Å². The number of carbonyl (C=O) groups is 2. The maximum atomic E-state index is 13.4. The smallest absolute Gasteiger partial charge is 0.412 e. The van der Waals surface area contributed by atoms with E-state index in [1.807, 2.05) is 61.5 Å². The number of hydrogen-bond donors (Lipinski definition) is 1. The molecule has 0 aliphatic carbocycles. The van der Waals surface area contributed by atoms with Crippen LogP contribution in [0.15, 0.2) is 72.8 Å². The molecule has 0 fully saturated rings. The van der Waals surface area contributed by atoms with Crippen LogP contribution in [0.1, 0.15) is 43.6 Å². The van der Waals surface area contributed by atoms with E-state index in [0.717, 1.165) is 16.7 Å². The first-order chi connectivity index (χ1) is 15.7. The highest BCUT2D eigenvalue weighted by Crippen LogP contribution is 2.33. The quantitative estimate of drug-likeness (QED) is 0.395. The van der Waals surface area contributed by atoms with Gasteiger partial charge in [-0.1, -0.05) is 48.5 Å². The summed E-state index contributed by atoms with van der Waals surface area (Å²) < 4.78 is 5.43. The predicted octanol–water partition coefficient (Wildman–Crippen LogP) is 7.11. The van der Waals surface area contributed by atoms with Crippen molar-refractivity contribution in [1.29, 1.82) is 0 Å². The van der Waals surface area contributed by atoms with Crippen LogP contribution < -0.4 is 10.2 Å². The summed E-state index contributed by atoms with van der Waals surface area (Å²) in [5.74, 6) is 0.214. The second kappa shape index (κ2) is 10.5. The molecule has 0 spiro atoms. The number of nitrogens with zero attached hydrogens (tertiary/aromatic N) is 1. The number of nitrogens with one attached hydrogen (secondary N) is 1. The normalized spacial score (nSPS) is 11.1. The van der Waals surface area contributed by atoms with Gasteiger partial charge in [0.25, 0.3) is 5.91 Å². The van der Waals surface area contributed by atoms with E-state index in [0.29, 0.717) is 29.4 Å². The van der Waals surface area contributed by atoms with Crippen molar-refractivity contribution in [2.75, 3.05) is 16.8 Å². The van der Waals surface area contributed by atoms with Gasteiger partial charge >= 0.3 is 6.09 Å². The molecular weight excluding hydrogens is 436 g/mol. The molecule has 0 saturated carbocycles. The van der Waals surface area contributed by atoms with Gasteiger partial charge in [0.05, 0.1) is 11.4 Å². The van der Waals surface area contributed by atoms with Gasteiger partial charge in [0.2, 0.25) is 0 Å². The molecule has 0 bridgehead atoms. The topological polar surface area (TPSA) is 58.6 Å². The third kappa shape index (κ3) is 6.36. The zero-order valence-corrected chi connectivity index (χ0v) is 20.1. The minimum atomic E-state index is -0.640. The third-order valence-corrected chi connectivity index (χ3v) is 5.26. The average molecular weight is 465 g/mol. The fourth-order valence-electron chi connectivity index (χ4n) is 3.40. The van der Waals surface area contributed by atoms with Crippen LogP contribution in [-0.2, 0) is 10.6 Å². The molecule has 3 aromatic rings. The summed E-state index contributed by atoms with van der Waals surface area (Å²) in [6, 6.07) is 22.7. The van der Waals surface area contributed by atoms with Crippen LogP contribution in [0, 0.1) is 0 Å². The summed E-state index contributed by atoms with van der Waals surface area (Å²) in [7, 11) is 0. The number of carbonyl (C=O) groups excluding carboxylic acids is 2. The Morgan fingerprint density at radius 2 is 1.61 bits per heavy atom. The summed E-state index contributed by atoms with van der Waals surface area (Å²) in [5, 5.41) is 2.81. The molecule has 6 heteroatoms. The Kier molecular flexibility index (Phi) is 7.77. The molecule has 0 saturated heterocycles. The van der Waals surface area contributed by atoms with E-state index in [-0.39, 0.29) is 5.91 Å². The number of ether oxygens (including phenoxy) is 1. The van der Waals surface area contributed by atoms with Gasteiger partial charge in [-0.3, -0.25) is 10.1 Å². The van der Waals surface area contributed by atoms with Gasteiger partial charge in [0.1, 0.15) is 5.60 Å². The molecule has 172 valence electrons. The maximum Gasteiger partial charge on any atom is 0.412 e. The molecule has 0 radical (unpaired) electrons. The Bertz CT molecular complexity index is 1110. The average Bonchev–Trinajstić information content (AvgIpc) is 2.79. The van der Waals surface area contributed by atoms with Crippen LogP contribution in [0.5, 0.6) is 0 Å². The fraction of sp³-hybridized carbons (Fsp3) is 0.259. The van der Waals surface area contributed by atoms with E-state index in [1.165, 1.54) is 0 Å². The van der Waals surface area contributed by atoms with E-state index in [1.54, 1.807) is 43.9 Å². The van der Waals surface area contributed by atoms with Gasteiger partial charge in [-0.05, 0) is 68.7 Å². The number of rotatable bonds is 6. The zero-order valence-electron chi connectivity index (χ0n) is 19.4. The molecule has 3 aromatic carbocycles. The SMILES string of the molecule is CCN(C(=O)c1ccc(CCl)cc1)c1cc(-c2ccccc2)ccc1NC(=O)OC(C)(C)C. The highest BCUT2D eigenvalue weighted by atomic mass is 35.5. The van der Waals surface area contributed by atoms with E-state index in [2.05, 4.69) is 5.32 Å². The first-order valence-corrected chi connectivity index (χ1v) is 11.4. The number of halogens is 1. The summed E-state index contributed by atoms with van der Waals surface area (Å²) in [5.41, 5.74) is 3.88. The molecule has 0 unspecified atom stereocenters. The summed E-state index contributed by atoms with van der Waals surface area (Å²) in [4.78, 5) is 27.6. The van der Waals surface area contributed by atoms with Crippen LogP contribution in [0.4, 0.5) is 16.2 Å². The van der Waals surface area contributed by atoms with Crippen molar-refractivity contribution in [2.45, 2.75) is 39.2 Å². The molecule has 0 heterocycles. The van der Waals surface area contributed by atoms with Gasteiger partial charge in [0, 0.05) is 18.0 Å². The highest BCUT2D eigenvalue weighted by Gasteiger charge is 2.23. The number of benzene rings is 3. The van der Waals surface area contributed by atoms with Gasteiger partial charge in [-0.15, -0.1) is 11.6 Å². The molecular formula is C27H29ClN2O3. The van der Waals surface area contributed by atoms with E-state index >= 15 is 0 Å². The number of anilines is 2. The summed E-state index contributed by atoms with van der Waals surface area (Å²) in [6.45, 7) is 7.73. The molecule has 2 amide bonds. The van der Waals surface area contributed by atoms with Crippen LogP contribution in [0.2, 0.25) is 0 Å². The molecule has 5 nitrogen and oxygen atoms in total. The zero-order chi connectivity index (χ0) is 24.0. The Morgan fingerprint density at radius 3 is 2.18 bits per heavy atom. The lowest BCUT2D eigenvalue weighted by Gasteiger charge is -2.26. The minimum absolute atomic E-state index is 0.170. The third-order valence-electron chi connectivity index (χ3n) is 4.95. The highest BCUT2D eigenvalue weighted by molar-refractivity contribution is 6.17. The van der Waals surface area contributed by atoms with Gasteiger partial charge < -0.3 is 9.64 Å². The first kappa shape index (κ1) is 24.3. The van der Waals surface area contributed by atoms with Gasteiger partial charge in [-0.2, -0.15) is 0 Å². The standard InChI is InChI=1S/C27H29ClN2O3/c1-5-30(25(31)21-13-11-19(18-28)12-14-21)24-17-22(20-9-7-6-8-10-20)15-16-23(24)29-26(32)33-27(2,3)4/h6-17H,5,18H2,1-4H3,(H,29,32). The molecule has 0 atom stereocenters. The second-order valence-corrected chi connectivity index (χ2v) is 8.87. The monoisotopic (exact) mass is 464 g/mol. The van der Waals surface area contributed by atoms with E-state index in [4.69, 9.17) is 16.3 Å². The lowest BCUT2D eigenvalue weighted by Crippen LogP contribution is -2.32. The van der Waals surface area contributed by atoms with E-state index < -0.39 is 11.7 Å². The second-order valence-electron chi connectivity index (χ2n) is 8.60. The van der Waals surface area contributed by atoms with Crippen molar-refractivity contribution in [3.8, 4) is 11.1 Å². The van der Waals surface area contributed by atoms with Crippen molar-refractivity contribution in [1.82, 2.24) is 0 Å². The van der Waals surface area contributed by atoms with Crippen LogP contribution >= 0.6 is 11.6 Å². The molecule has 1 N–H and O–H groups in total. The molecule has 0 aliphatic rings. The lowest BCUT2D eigenvalue weighted by atomic mass is 10.0. The van der Waals surface area contributed by atoms with E-state index in [9.17, 15) is 9.59 Å². The fourth-order valence-corrected chi connectivity index (χ4v) is 3.58.